The van der Waals surface area contributed by atoms with Crippen molar-refractivity contribution in [2.24, 2.45) is 5.10 Å². The third-order valence-electron chi connectivity index (χ3n) is 6.12. The fourth-order valence-corrected chi connectivity index (χ4v) is 4.23. The summed E-state index contributed by atoms with van der Waals surface area (Å²) in [6.07, 6.45) is 1.73. The molecule has 0 radical (unpaired) electrons. The van der Waals surface area contributed by atoms with Crippen molar-refractivity contribution in [3.63, 3.8) is 0 Å². The molecular weight excluding hydrogens is 442 g/mol. The lowest BCUT2D eigenvalue weighted by Crippen LogP contribution is -2.17. The summed E-state index contributed by atoms with van der Waals surface area (Å²) in [5.74, 6) is -0.242. The van der Waals surface area contributed by atoms with E-state index in [1.807, 2.05) is 55.5 Å². The van der Waals surface area contributed by atoms with Gasteiger partial charge in [0.05, 0.1) is 17.6 Å². The molecule has 0 bridgehead atoms. The number of nitrogens with zero attached hydrogens (tertiary/aromatic N) is 2. The van der Waals surface area contributed by atoms with Gasteiger partial charge in [0, 0.05) is 16.8 Å². The maximum absolute atomic E-state index is 12.6. The van der Waals surface area contributed by atoms with Crippen molar-refractivity contribution in [2.45, 2.75) is 13.8 Å². The van der Waals surface area contributed by atoms with Gasteiger partial charge in [0.1, 0.15) is 0 Å². The van der Waals surface area contributed by atoms with Crippen LogP contribution in [0.25, 0.3) is 28.2 Å². The second-order valence-corrected chi connectivity index (χ2v) is 8.80. The largest absolute Gasteiger partial charge is 0.309 e. The van der Waals surface area contributed by atoms with Crippen LogP contribution < -0.4 is 5.43 Å². The molecule has 0 saturated heterocycles. The second kappa shape index (κ2) is 10.3. The lowest BCUT2D eigenvalue weighted by atomic mass is 10.1. The number of amides is 1. The van der Waals surface area contributed by atoms with Crippen molar-refractivity contribution >= 4 is 12.1 Å². The van der Waals surface area contributed by atoms with E-state index in [0.29, 0.717) is 5.56 Å². The maximum atomic E-state index is 12.6. The van der Waals surface area contributed by atoms with Crippen LogP contribution in [0.1, 0.15) is 27.0 Å². The Labute approximate surface area is 211 Å². The fourth-order valence-electron chi connectivity index (χ4n) is 4.23. The molecule has 0 aliphatic heterocycles. The minimum Gasteiger partial charge on any atom is -0.309 e. The highest BCUT2D eigenvalue weighted by Gasteiger charge is 2.18. The Kier molecular flexibility index (Phi) is 6.59. The average Bonchev–Trinajstić information content (AvgIpc) is 3.30. The molecule has 0 fully saturated rings. The van der Waals surface area contributed by atoms with E-state index in [0.717, 1.165) is 39.3 Å². The van der Waals surface area contributed by atoms with Gasteiger partial charge in [0.15, 0.2) is 0 Å². The van der Waals surface area contributed by atoms with Crippen molar-refractivity contribution in [1.29, 1.82) is 0 Å². The highest BCUT2D eigenvalue weighted by molar-refractivity contribution is 5.97. The van der Waals surface area contributed by atoms with Crippen molar-refractivity contribution in [2.75, 3.05) is 0 Å². The van der Waals surface area contributed by atoms with Gasteiger partial charge in [0.25, 0.3) is 5.91 Å². The van der Waals surface area contributed by atoms with E-state index < -0.39 is 0 Å². The molecule has 5 rings (SSSR count). The van der Waals surface area contributed by atoms with Gasteiger partial charge in [-0.25, -0.2) is 5.43 Å². The zero-order chi connectivity index (χ0) is 24.9. The molecular formula is C32H27N3O. The minimum atomic E-state index is -0.242. The summed E-state index contributed by atoms with van der Waals surface area (Å²) >= 11 is 0. The lowest BCUT2D eigenvalue weighted by Gasteiger charge is -2.15. The molecule has 0 aliphatic carbocycles. The second-order valence-electron chi connectivity index (χ2n) is 8.80. The van der Waals surface area contributed by atoms with Crippen LogP contribution in [0.4, 0.5) is 0 Å². The summed E-state index contributed by atoms with van der Waals surface area (Å²) in [6, 6.07) is 38.6. The molecule has 4 aromatic carbocycles. The molecule has 0 atom stereocenters. The Morgan fingerprint density at radius 3 is 1.89 bits per heavy atom. The molecule has 0 aliphatic rings. The third-order valence-corrected chi connectivity index (χ3v) is 6.12. The third kappa shape index (κ3) is 4.89. The number of hydrogen-bond acceptors (Lipinski definition) is 2. The number of rotatable bonds is 6. The van der Waals surface area contributed by atoms with E-state index in [4.69, 9.17) is 0 Å². The van der Waals surface area contributed by atoms with Gasteiger partial charge in [-0.1, -0.05) is 96.1 Å². The van der Waals surface area contributed by atoms with E-state index in [1.54, 1.807) is 18.3 Å². The molecule has 1 aromatic heterocycles. The van der Waals surface area contributed by atoms with E-state index in [1.165, 1.54) is 5.56 Å². The van der Waals surface area contributed by atoms with Crippen molar-refractivity contribution in [3.8, 4) is 28.2 Å². The Hall–Kier alpha value is -4.70. The number of nitrogens with one attached hydrogen (secondary N) is 1. The number of carbonyl (C=O) groups is 1. The quantitative estimate of drug-likeness (QED) is 0.208. The zero-order valence-corrected chi connectivity index (χ0v) is 20.3. The zero-order valence-electron chi connectivity index (χ0n) is 20.3. The predicted molar refractivity (Wildman–Crippen MR) is 148 cm³/mol. The van der Waals surface area contributed by atoms with E-state index in [9.17, 15) is 4.79 Å². The molecule has 1 N–H and O–H groups in total. The van der Waals surface area contributed by atoms with Gasteiger partial charge in [-0.05, 0) is 55.3 Å². The Morgan fingerprint density at radius 1 is 0.722 bits per heavy atom. The van der Waals surface area contributed by atoms with Crippen LogP contribution in [0, 0.1) is 13.8 Å². The van der Waals surface area contributed by atoms with Crippen LogP contribution >= 0.6 is 0 Å². The van der Waals surface area contributed by atoms with Gasteiger partial charge in [0.2, 0.25) is 0 Å². The number of aryl methyl sites for hydroxylation is 2. The summed E-state index contributed by atoms with van der Waals surface area (Å²) in [4.78, 5) is 12.6. The first kappa shape index (κ1) is 23.1. The van der Waals surface area contributed by atoms with Crippen LogP contribution in [0.15, 0.2) is 120 Å². The number of benzene rings is 4. The normalized spacial score (nSPS) is 11.1. The molecule has 176 valence electrons. The van der Waals surface area contributed by atoms with Crippen molar-refractivity contribution in [1.82, 2.24) is 9.99 Å². The monoisotopic (exact) mass is 469 g/mol. The van der Waals surface area contributed by atoms with Crippen molar-refractivity contribution < 1.29 is 4.79 Å². The van der Waals surface area contributed by atoms with Crippen LogP contribution in [0.2, 0.25) is 0 Å². The molecule has 4 nitrogen and oxygen atoms in total. The maximum Gasteiger partial charge on any atom is 0.271 e. The number of hydrazone groups is 1. The van der Waals surface area contributed by atoms with Crippen LogP contribution in [-0.2, 0) is 0 Å². The Balaban J connectivity index is 1.62. The van der Waals surface area contributed by atoms with Crippen LogP contribution in [0.3, 0.4) is 0 Å². The first-order valence-corrected chi connectivity index (χ1v) is 11.9. The molecule has 5 aromatic rings. The SMILES string of the molecule is Cc1ccc(C(=O)N/N=C/c2cc(-c3ccccc3)n(-c3ccc(C)cc3)c2-c2ccccc2)cc1. The Morgan fingerprint density at radius 2 is 1.28 bits per heavy atom. The molecule has 36 heavy (non-hydrogen) atoms. The summed E-state index contributed by atoms with van der Waals surface area (Å²) in [5, 5.41) is 4.34. The summed E-state index contributed by atoms with van der Waals surface area (Å²) in [7, 11) is 0. The van der Waals surface area contributed by atoms with Gasteiger partial charge in [-0.2, -0.15) is 5.10 Å². The highest BCUT2D eigenvalue weighted by Crippen LogP contribution is 2.35. The highest BCUT2D eigenvalue weighted by atomic mass is 16.2. The van der Waals surface area contributed by atoms with Gasteiger partial charge in [-0.15, -0.1) is 0 Å². The van der Waals surface area contributed by atoms with E-state index in [2.05, 4.69) is 76.6 Å². The van der Waals surface area contributed by atoms with Crippen molar-refractivity contribution in [3.05, 3.63) is 138 Å². The van der Waals surface area contributed by atoms with Gasteiger partial charge >= 0.3 is 0 Å². The molecule has 0 saturated carbocycles. The van der Waals surface area contributed by atoms with Crippen LogP contribution in [0.5, 0.6) is 0 Å². The predicted octanol–water partition coefficient (Wildman–Crippen LogP) is 7.19. The lowest BCUT2D eigenvalue weighted by molar-refractivity contribution is 0.0955. The summed E-state index contributed by atoms with van der Waals surface area (Å²) < 4.78 is 2.26. The minimum absolute atomic E-state index is 0.242. The summed E-state index contributed by atoms with van der Waals surface area (Å²) in [6.45, 7) is 4.08. The summed E-state index contributed by atoms with van der Waals surface area (Å²) in [5.41, 5.74) is 11.7. The molecule has 0 unspecified atom stereocenters. The number of hydrogen-bond donors (Lipinski definition) is 1. The molecule has 1 amide bonds. The molecule has 4 heteroatoms. The fraction of sp³-hybridized carbons (Fsp3) is 0.0625. The first-order chi connectivity index (χ1) is 17.6. The topological polar surface area (TPSA) is 46.4 Å². The Bertz CT molecular complexity index is 1500. The van der Waals surface area contributed by atoms with Gasteiger partial charge in [-0.3, -0.25) is 4.79 Å². The van der Waals surface area contributed by atoms with E-state index >= 15 is 0 Å². The van der Waals surface area contributed by atoms with Crippen LogP contribution in [-0.4, -0.2) is 16.7 Å². The molecule has 1 heterocycles. The number of carbonyl (C=O) groups excluding carboxylic acids is 1. The molecule has 0 spiro atoms. The van der Waals surface area contributed by atoms with E-state index in [-0.39, 0.29) is 5.91 Å². The van der Waals surface area contributed by atoms with Gasteiger partial charge < -0.3 is 4.57 Å². The average molecular weight is 470 g/mol. The smallest absolute Gasteiger partial charge is 0.271 e. The first-order valence-electron chi connectivity index (χ1n) is 11.9. The number of aromatic nitrogens is 1. The standard InChI is InChI=1S/C32H27N3O/c1-23-13-17-27(18-14-23)32(36)34-33-22-28-21-30(25-9-5-3-6-10-25)35(29-19-15-24(2)16-20-29)31(28)26-11-7-4-8-12-26/h3-22H,1-2H3,(H,34,36)/b33-22+.